The Morgan fingerprint density at radius 1 is 1.22 bits per heavy atom. The molecule has 0 fully saturated rings. The molecule has 0 atom stereocenters. The van der Waals surface area contributed by atoms with Gasteiger partial charge in [-0.2, -0.15) is 4.98 Å². The first-order valence-electron chi connectivity index (χ1n) is 9.59. The zero-order valence-corrected chi connectivity index (χ0v) is 17.5. The van der Waals surface area contributed by atoms with Crippen LogP contribution in [0.5, 0.6) is 0 Å². The van der Waals surface area contributed by atoms with Crippen molar-refractivity contribution in [2.24, 2.45) is 0 Å². The second kappa shape index (κ2) is 7.86. The molecule has 0 aliphatic rings. The predicted octanol–water partition coefficient (Wildman–Crippen LogP) is 4.66. The van der Waals surface area contributed by atoms with E-state index in [-0.39, 0.29) is 22.8 Å². The Labute approximate surface area is 184 Å². The van der Waals surface area contributed by atoms with Crippen molar-refractivity contribution in [1.29, 1.82) is 0 Å². The quantitative estimate of drug-likeness (QED) is 0.406. The molecule has 5 rings (SSSR count). The fraction of sp³-hybridized carbons (Fsp3) is 0.0435. The molecule has 0 saturated heterocycles. The molecule has 5 aromatic rings. The van der Waals surface area contributed by atoms with Gasteiger partial charge in [-0.1, -0.05) is 11.6 Å². The zero-order chi connectivity index (χ0) is 22.2. The Morgan fingerprint density at radius 2 is 2.03 bits per heavy atom. The number of nitrogens with zero attached hydrogens (tertiary/aromatic N) is 3. The monoisotopic (exact) mass is 446 g/mol. The second-order valence-electron chi connectivity index (χ2n) is 7.10. The van der Waals surface area contributed by atoms with Gasteiger partial charge in [-0.15, -0.1) is 16.4 Å². The third-order valence-electron chi connectivity index (χ3n) is 4.83. The van der Waals surface area contributed by atoms with Crippen LogP contribution in [0.15, 0.2) is 69.4 Å². The molecule has 1 N–H and O–H groups in total. The lowest BCUT2D eigenvalue weighted by Crippen LogP contribution is -2.10. The summed E-state index contributed by atoms with van der Waals surface area (Å²) in [6.45, 7) is 1.89. The van der Waals surface area contributed by atoms with Gasteiger partial charge in [0.15, 0.2) is 5.43 Å². The average Bonchev–Trinajstić information content (AvgIpc) is 3.34. The van der Waals surface area contributed by atoms with E-state index >= 15 is 0 Å². The van der Waals surface area contributed by atoms with Crippen molar-refractivity contribution in [3.63, 3.8) is 0 Å². The highest BCUT2D eigenvalue weighted by molar-refractivity contribution is 7.15. The molecule has 32 heavy (non-hydrogen) atoms. The lowest BCUT2D eigenvalue weighted by molar-refractivity contribution is -0.111. The summed E-state index contributed by atoms with van der Waals surface area (Å²) in [6.07, 6.45) is 3.94. The summed E-state index contributed by atoms with van der Waals surface area (Å²) >= 11 is 1.35. The zero-order valence-electron chi connectivity index (χ0n) is 16.7. The van der Waals surface area contributed by atoms with E-state index in [2.05, 4.69) is 15.4 Å². The Balaban J connectivity index is 1.37. The number of carbonyl (C=O) groups excluding carboxylic acids is 1. The number of thiazole rings is 1. The minimum atomic E-state index is -0.490. The summed E-state index contributed by atoms with van der Waals surface area (Å²) in [7, 11) is 0. The number of hydrogen-bond donors (Lipinski definition) is 1. The second-order valence-corrected chi connectivity index (χ2v) is 7.94. The van der Waals surface area contributed by atoms with E-state index in [9.17, 15) is 14.0 Å². The van der Waals surface area contributed by atoms with Crippen LogP contribution in [-0.4, -0.2) is 20.5 Å². The van der Waals surface area contributed by atoms with Crippen LogP contribution in [0.1, 0.15) is 11.1 Å². The van der Waals surface area contributed by atoms with Crippen molar-refractivity contribution in [2.45, 2.75) is 6.92 Å². The first-order chi connectivity index (χ1) is 15.5. The van der Waals surface area contributed by atoms with Gasteiger partial charge in [-0.25, -0.2) is 8.91 Å². The number of benzene rings is 2. The minimum Gasteiger partial charge on any atom is -0.463 e. The normalized spacial score (nSPS) is 11.6. The molecule has 0 radical (unpaired) electrons. The van der Waals surface area contributed by atoms with E-state index in [1.54, 1.807) is 28.8 Å². The molecule has 3 aromatic heterocycles. The molecule has 0 aliphatic heterocycles. The number of anilines is 1. The van der Waals surface area contributed by atoms with Crippen LogP contribution >= 0.6 is 11.3 Å². The summed E-state index contributed by atoms with van der Waals surface area (Å²) in [4.78, 5) is 29.8. The maximum Gasteiger partial charge on any atom is 0.250 e. The first-order valence-corrected chi connectivity index (χ1v) is 10.5. The van der Waals surface area contributed by atoms with Crippen molar-refractivity contribution in [2.75, 3.05) is 5.32 Å². The minimum absolute atomic E-state index is 0.121. The molecule has 0 aliphatic carbocycles. The van der Waals surface area contributed by atoms with Gasteiger partial charge in [0.2, 0.25) is 4.96 Å². The van der Waals surface area contributed by atoms with Crippen molar-refractivity contribution in [3.05, 3.63) is 87.4 Å². The van der Waals surface area contributed by atoms with E-state index in [1.165, 1.54) is 41.9 Å². The fourth-order valence-electron chi connectivity index (χ4n) is 3.25. The molecule has 0 saturated carbocycles. The molecule has 7 nitrogen and oxygen atoms in total. The Morgan fingerprint density at radius 3 is 2.84 bits per heavy atom. The number of halogens is 1. The van der Waals surface area contributed by atoms with E-state index < -0.39 is 5.91 Å². The van der Waals surface area contributed by atoms with Gasteiger partial charge in [-0.3, -0.25) is 14.9 Å². The highest BCUT2D eigenvalue weighted by Gasteiger charge is 2.13. The van der Waals surface area contributed by atoms with E-state index in [1.807, 2.05) is 18.4 Å². The van der Waals surface area contributed by atoms with Crippen molar-refractivity contribution >= 4 is 45.2 Å². The molecule has 1 amide bonds. The predicted molar refractivity (Wildman–Crippen MR) is 121 cm³/mol. The summed E-state index contributed by atoms with van der Waals surface area (Å²) in [5, 5.41) is 9.21. The van der Waals surface area contributed by atoms with Crippen molar-refractivity contribution < 1.29 is 13.6 Å². The number of hydrogen-bond acceptors (Lipinski definition) is 6. The lowest BCUT2D eigenvalue weighted by Gasteiger charge is -2.00. The van der Waals surface area contributed by atoms with E-state index in [0.717, 1.165) is 16.8 Å². The van der Waals surface area contributed by atoms with Gasteiger partial charge in [0.1, 0.15) is 17.7 Å². The number of rotatable bonds is 4. The highest BCUT2D eigenvalue weighted by atomic mass is 32.1. The van der Waals surface area contributed by atoms with Crippen LogP contribution in [0.3, 0.4) is 0 Å². The molecule has 2 aromatic carbocycles. The number of nitrogens with one attached hydrogen (secondary N) is 1. The van der Waals surface area contributed by atoms with Crippen LogP contribution < -0.4 is 10.7 Å². The van der Waals surface area contributed by atoms with Crippen molar-refractivity contribution in [3.8, 4) is 11.3 Å². The van der Waals surface area contributed by atoms with Gasteiger partial charge in [-0.05, 0) is 49.4 Å². The topological polar surface area (TPSA) is 89.5 Å². The maximum absolute atomic E-state index is 13.2. The standard InChI is InChI=1S/C23H15FN4O3S/c1-13-2-8-19-17(10-13)21(30)15(11-31-19)5-9-20(29)25-22-26-23-28(27-22)18(12-32-23)14-3-6-16(24)7-4-14/h2-12H,1H3,(H,25,27,29)/b9-5+. The molecular weight excluding hydrogens is 431 g/mol. The average molecular weight is 446 g/mol. The third kappa shape index (κ3) is 3.69. The highest BCUT2D eigenvalue weighted by Crippen LogP contribution is 2.26. The summed E-state index contributed by atoms with van der Waals surface area (Å²) in [5.41, 5.74) is 2.98. The summed E-state index contributed by atoms with van der Waals surface area (Å²) in [6, 6.07) is 11.4. The van der Waals surface area contributed by atoms with Crippen LogP contribution in [0, 0.1) is 12.7 Å². The van der Waals surface area contributed by atoms with E-state index in [4.69, 9.17) is 4.42 Å². The molecule has 9 heteroatoms. The third-order valence-corrected chi connectivity index (χ3v) is 5.64. The molecule has 0 spiro atoms. The van der Waals surface area contributed by atoms with Crippen molar-refractivity contribution in [1.82, 2.24) is 14.6 Å². The van der Waals surface area contributed by atoms with Gasteiger partial charge in [0, 0.05) is 17.0 Å². The maximum atomic E-state index is 13.2. The smallest absolute Gasteiger partial charge is 0.250 e. The number of aromatic nitrogens is 3. The number of fused-ring (bicyclic) bond motifs is 2. The lowest BCUT2D eigenvalue weighted by atomic mass is 10.1. The van der Waals surface area contributed by atoms with Gasteiger partial charge >= 0.3 is 0 Å². The molecule has 3 heterocycles. The Kier molecular flexibility index (Phi) is 4.87. The van der Waals surface area contributed by atoms with Gasteiger partial charge in [0.25, 0.3) is 11.9 Å². The Hall–Kier alpha value is -4.11. The molecule has 158 valence electrons. The number of aryl methyl sites for hydroxylation is 1. The number of carbonyl (C=O) groups is 1. The summed E-state index contributed by atoms with van der Waals surface area (Å²) < 4.78 is 20.3. The van der Waals surface area contributed by atoms with E-state index in [0.29, 0.717) is 15.9 Å². The molecular formula is C23H15FN4O3S. The summed E-state index contributed by atoms with van der Waals surface area (Å²) in [5.74, 6) is -0.694. The van der Waals surface area contributed by atoms with Gasteiger partial charge in [0.05, 0.1) is 16.6 Å². The van der Waals surface area contributed by atoms with Gasteiger partial charge < -0.3 is 4.42 Å². The van der Waals surface area contributed by atoms with Crippen LogP contribution in [0.2, 0.25) is 0 Å². The molecule has 0 unspecified atom stereocenters. The first kappa shape index (κ1) is 19.8. The SMILES string of the molecule is Cc1ccc2occ(/C=C/C(=O)Nc3nc4scc(-c5ccc(F)cc5)n4n3)c(=O)c2c1. The van der Waals surface area contributed by atoms with Crippen LogP contribution in [-0.2, 0) is 4.79 Å². The fourth-order valence-corrected chi connectivity index (χ4v) is 4.08. The molecule has 0 bridgehead atoms. The number of amides is 1. The largest absolute Gasteiger partial charge is 0.463 e. The van der Waals surface area contributed by atoms with Crippen LogP contribution in [0.25, 0.3) is 33.3 Å². The van der Waals surface area contributed by atoms with Crippen LogP contribution in [0.4, 0.5) is 10.3 Å². The Bertz CT molecular complexity index is 1560.